The van der Waals surface area contributed by atoms with Gasteiger partial charge in [0.05, 0.1) is 48.4 Å². The number of likely N-dealkylation sites (tertiary alicyclic amines) is 2. The van der Waals surface area contributed by atoms with Crippen molar-refractivity contribution in [3.8, 4) is 11.1 Å². The molecule has 2 aromatic heterocycles. The van der Waals surface area contributed by atoms with Crippen LogP contribution in [0, 0.1) is 5.92 Å². The van der Waals surface area contributed by atoms with Crippen LogP contribution in [0.2, 0.25) is 0 Å². The van der Waals surface area contributed by atoms with Crippen LogP contribution in [-0.2, 0) is 31.9 Å². The number of carbonyl (C=O) groups excluding carboxylic acids is 4. The van der Waals surface area contributed by atoms with Crippen LogP contribution in [0.25, 0.3) is 38.8 Å². The van der Waals surface area contributed by atoms with Crippen molar-refractivity contribution in [3.05, 3.63) is 101 Å². The van der Waals surface area contributed by atoms with Crippen molar-refractivity contribution in [2.75, 3.05) is 51.3 Å². The van der Waals surface area contributed by atoms with Crippen LogP contribution in [0.5, 0.6) is 0 Å². The van der Waals surface area contributed by atoms with Gasteiger partial charge in [-0.05, 0) is 151 Å². The van der Waals surface area contributed by atoms with E-state index in [-0.39, 0.29) is 23.9 Å². The van der Waals surface area contributed by atoms with Crippen molar-refractivity contribution in [1.82, 2.24) is 40.4 Å². The molecule has 2 aliphatic heterocycles. The summed E-state index contributed by atoms with van der Waals surface area (Å²) in [4.78, 5) is 72.0. The van der Waals surface area contributed by atoms with E-state index in [4.69, 9.17) is 19.4 Å². The average molecular weight is 947 g/mol. The molecule has 0 spiro atoms. The standard InChI is InChI=1S/C51H62N8O6S2/c1-30-7-11-33(31(2)35-15-17-38-42(28-35)54-46(52-38)44-19-23-58(44)48(60)40(21-25-66-5)56-50(62)64-3)13-9-32-10-14-34(12-8-30)37(27-32)36-16-18-39-43(29-36)55-47(53-39)45-20-24-59(45)49(61)41(22-26-67-6)57-51(63)65-4/h7,10-11,14-18,27-30,40-41,44-45H,8-9,12-13,19-26H2,1-6H3,(H,52,54)(H,53,55)(H,56,62)(H,57,63)/b11-7-,33-31-/t30-,40-,41-,44-,45-/m0/s1. The summed E-state index contributed by atoms with van der Waals surface area (Å²) in [5, 5.41) is 5.47. The molecule has 2 bridgehead atoms. The van der Waals surface area contributed by atoms with Crippen molar-refractivity contribution in [3.63, 3.8) is 0 Å². The number of ether oxygens (including phenoxy) is 2. The molecule has 0 unspecified atom stereocenters. The topological polar surface area (TPSA) is 175 Å². The number of aryl methyl sites for hydroxylation is 2. The van der Waals surface area contributed by atoms with E-state index in [1.165, 1.54) is 42.1 Å². The van der Waals surface area contributed by atoms with Crippen LogP contribution in [-0.4, -0.2) is 117 Å². The molecule has 0 radical (unpaired) electrons. The number of aromatic amines is 2. The normalized spacial score (nSPS) is 20.5. The van der Waals surface area contributed by atoms with Crippen LogP contribution in [0.15, 0.2) is 72.3 Å². The molecule has 2 saturated heterocycles. The Kier molecular flexibility index (Phi) is 15.3. The minimum absolute atomic E-state index is 0.118. The molecule has 5 aromatic rings. The first kappa shape index (κ1) is 47.7. The molecule has 67 heavy (non-hydrogen) atoms. The number of fused-ring (bicyclic) bond motifs is 10. The molecule has 4 aliphatic rings. The van der Waals surface area contributed by atoms with Gasteiger partial charge in [-0.3, -0.25) is 9.59 Å². The SMILES string of the molecule is COC(=O)N[C@@H](CCSC)C(=O)N1CC[C@H]1c1nc2ccc(/C(C)=C3/C=C\[C@H](C)CCc4ccc(cc4-c4ccc5nc([C@@H]6CCN6C(=O)[C@H](CCSC)NC(=O)OC)[nH]c5c4)CC3)cc2[nH]1. The maximum Gasteiger partial charge on any atom is 0.407 e. The maximum atomic E-state index is 13.7. The van der Waals surface area contributed by atoms with Gasteiger partial charge in [0.1, 0.15) is 23.7 Å². The molecule has 5 atom stereocenters. The van der Waals surface area contributed by atoms with Crippen molar-refractivity contribution in [2.24, 2.45) is 5.92 Å². The fourth-order valence-electron chi connectivity index (χ4n) is 9.32. The molecule has 4 heterocycles. The lowest BCUT2D eigenvalue weighted by atomic mass is 9.88. The number of hydrogen-bond donors (Lipinski definition) is 4. The fourth-order valence-corrected chi connectivity index (χ4v) is 10.3. The van der Waals surface area contributed by atoms with Crippen LogP contribution in [0.3, 0.4) is 0 Å². The van der Waals surface area contributed by atoms with Gasteiger partial charge in [0.15, 0.2) is 0 Å². The third-order valence-electron chi connectivity index (χ3n) is 13.6. The van der Waals surface area contributed by atoms with Gasteiger partial charge in [-0.2, -0.15) is 23.5 Å². The number of carbonyl (C=O) groups is 4. The second-order valence-electron chi connectivity index (χ2n) is 17.8. The summed E-state index contributed by atoms with van der Waals surface area (Å²) >= 11 is 3.26. The highest BCUT2D eigenvalue weighted by atomic mass is 32.2. The quantitative estimate of drug-likeness (QED) is 0.0841. The summed E-state index contributed by atoms with van der Waals surface area (Å²) < 4.78 is 9.62. The predicted octanol–water partition coefficient (Wildman–Crippen LogP) is 9.15. The summed E-state index contributed by atoms with van der Waals surface area (Å²) in [7, 11) is 2.61. The summed E-state index contributed by atoms with van der Waals surface area (Å²) in [5.41, 5.74) is 12.1. The van der Waals surface area contributed by atoms with Crippen molar-refractivity contribution in [2.45, 2.75) is 89.4 Å². The summed E-state index contributed by atoms with van der Waals surface area (Å²) in [6.07, 6.45) is 13.7. The number of allylic oxidation sites excluding steroid dienone is 4. The molecule has 0 saturated carbocycles. The van der Waals surface area contributed by atoms with E-state index >= 15 is 0 Å². The highest BCUT2D eigenvalue weighted by molar-refractivity contribution is 7.98. The molecule has 3 aromatic carbocycles. The number of methoxy groups -OCH3 is 2. The molecule has 14 nitrogen and oxygen atoms in total. The smallest absolute Gasteiger partial charge is 0.407 e. The van der Waals surface area contributed by atoms with E-state index < -0.39 is 24.3 Å². The zero-order valence-electron chi connectivity index (χ0n) is 39.3. The summed E-state index contributed by atoms with van der Waals surface area (Å²) in [6.45, 7) is 5.70. The van der Waals surface area contributed by atoms with E-state index in [1.54, 1.807) is 28.4 Å². The molecule has 4 N–H and O–H groups in total. The third-order valence-corrected chi connectivity index (χ3v) is 14.9. The van der Waals surface area contributed by atoms with Gasteiger partial charge in [0.25, 0.3) is 0 Å². The van der Waals surface area contributed by atoms with Gasteiger partial charge in [0, 0.05) is 13.1 Å². The van der Waals surface area contributed by atoms with Crippen LogP contribution in [0.1, 0.15) is 92.8 Å². The molecular weight excluding hydrogens is 885 g/mol. The van der Waals surface area contributed by atoms with E-state index in [1.807, 2.05) is 17.4 Å². The number of amides is 4. The van der Waals surface area contributed by atoms with Crippen molar-refractivity contribution in [1.29, 1.82) is 0 Å². The van der Waals surface area contributed by atoms with Gasteiger partial charge in [0.2, 0.25) is 11.8 Å². The number of benzene rings is 3. The molecule has 16 heteroatoms. The molecule has 354 valence electrons. The lowest BCUT2D eigenvalue weighted by Crippen LogP contribution is -2.54. The van der Waals surface area contributed by atoms with E-state index in [2.05, 4.69) is 101 Å². The number of nitrogens with zero attached hydrogens (tertiary/aromatic N) is 4. The number of nitrogens with one attached hydrogen (secondary N) is 4. The second-order valence-corrected chi connectivity index (χ2v) is 19.8. The number of H-pyrrole nitrogens is 2. The van der Waals surface area contributed by atoms with Gasteiger partial charge in [-0.1, -0.05) is 49.4 Å². The van der Waals surface area contributed by atoms with Crippen molar-refractivity contribution < 1.29 is 28.7 Å². The molecule has 4 amide bonds. The van der Waals surface area contributed by atoms with E-state index in [9.17, 15) is 19.2 Å². The Labute approximate surface area is 400 Å². The highest BCUT2D eigenvalue weighted by Gasteiger charge is 2.40. The maximum absolute atomic E-state index is 13.7. The minimum Gasteiger partial charge on any atom is -0.453 e. The number of alkyl carbamates (subject to hydrolysis) is 2. The highest BCUT2D eigenvalue weighted by Crippen LogP contribution is 2.37. The Hall–Kier alpha value is -5.74. The Morgan fingerprint density at radius 1 is 0.746 bits per heavy atom. The van der Waals surface area contributed by atoms with Crippen LogP contribution in [0.4, 0.5) is 9.59 Å². The first-order valence-corrected chi connectivity index (χ1v) is 26.0. The monoisotopic (exact) mass is 946 g/mol. The van der Waals surface area contributed by atoms with Crippen LogP contribution >= 0.6 is 23.5 Å². The first-order valence-electron chi connectivity index (χ1n) is 23.3. The van der Waals surface area contributed by atoms with E-state index in [0.717, 1.165) is 94.9 Å². The van der Waals surface area contributed by atoms with E-state index in [0.29, 0.717) is 31.8 Å². The Morgan fingerprint density at radius 3 is 1.88 bits per heavy atom. The largest absolute Gasteiger partial charge is 0.453 e. The lowest BCUT2D eigenvalue weighted by Gasteiger charge is -2.41. The summed E-state index contributed by atoms with van der Waals surface area (Å²) in [6, 6.07) is 18.0. The van der Waals surface area contributed by atoms with Gasteiger partial charge < -0.3 is 39.9 Å². The van der Waals surface area contributed by atoms with Crippen molar-refractivity contribution >= 4 is 75.2 Å². The van der Waals surface area contributed by atoms with Crippen LogP contribution < -0.4 is 10.6 Å². The Balaban J connectivity index is 0.997. The Bertz CT molecular complexity index is 2690. The first-order chi connectivity index (χ1) is 32.5. The average Bonchev–Trinajstić information content (AvgIpc) is 3.92. The molecular formula is C51H62N8O6S2. The van der Waals surface area contributed by atoms with Gasteiger partial charge >= 0.3 is 12.2 Å². The number of aromatic nitrogens is 4. The lowest BCUT2D eigenvalue weighted by molar-refractivity contribution is -0.142. The zero-order chi connectivity index (χ0) is 47.2. The number of imidazole rings is 2. The fraction of sp³-hybridized carbons (Fsp3) is 0.451. The molecule has 2 aliphatic carbocycles. The zero-order valence-corrected chi connectivity index (χ0v) is 40.9. The number of rotatable bonds is 14. The summed E-state index contributed by atoms with van der Waals surface area (Å²) in [5.74, 6) is 3.10. The number of hydrogen-bond acceptors (Lipinski definition) is 10. The second kappa shape index (κ2) is 21.5. The Morgan fingerprint density at radius 2 is 1.33 bits per heavy atom. The third kappa shape index (κ3) is 10.7. The van der Waals surface area contributed by atoms with Gasteiger partial charge in [-0.25, -0.2) is 19.6 Å². The molecule has 9 rings (SSSR count). The van der Waals surface area contributed by atoms with Gasteiger partial charge in [-0.15, -0.1) is 0 Å². The molecule has 2 fully saturated rings. The predicted molar refractivity (Wildman–Crippen MR) is 268 cm³/mol. The minimum atomic E-state index is -0.655. The number of thioether (sulfide) groups is 2.